The van der Waals surface area contributed by atoms with Gasteiger partial charge in [-0.1, -0.05) is 12.5 Å². The van der Waals surface area contributed by atoms with E-state index in [2.05, 4.69) is 41.5 Å². The van der Waals surface area contributed by atoms with E-state index in [1.54, 1.807) is 6.07 Å². The van der Waals surface area contributed by atoms with Gasteiger partial charge in [-0.05, 0) is 57.2 Å². The molecule has 1 saturated heterocycles. The molecule has 4 rings (SSSR count). The van der Waals surface area contributed by atoms with Crippen LogP contribution in [0.5, 0.6) is 0 Å². The predicted molar refractivity (Wildman–Crippen MR) is 111 cm³/mol. The second-order valence-electron chi connectivity index (χ2n) is 8.58. The maximum Gasteiger partial charge on any atom is 0.250 e. The van der Waals surface area contributed by atoms with Crippen LogP contribution in [0.1, 0.15) is 55.1 Å². The molecule has 0 aromatic carbocycles. The summed E-state index contributed by atoms with van der Waals surface area (Å²) in [6.45, 7) is 7.66. The molecule has 150 valence electrons. The maximum absolute atomic E-state index is 12.8. The lowest BCUT2D eigenvalue weighted by molar-refractivity contribution is -0.134. The van der Waals surface area contributed by atoms with Crippen molar-refractivity contribution in [1.82, 2.24) is 14.0 Å². The van der Waals surface area contributed by atoms with E-state index in [4.69, 9.17) is 0 Å². The number of rotatable bonds is 6. The quantitative estimate of drug-likeness (QED) is 0.720. The van der Waals surface area contributed by atoms with Crippen LogP contribution in [0.25, 0.3) is 0 Å². The first kappa shape index (κ1) is 19.0. The molecule has 2 aliphatic heterocycles. The fourth-order valence-corrected chi connectivity index (χ4v) is 5.03. The van der Waals surface area contributed by atoms with Gasteiger partial charge in [-0.3, -0.25) is 9.59 Å². The molecule has 2 unspecified atom stereocenters. The Labute approximate surface area is 167 Å². The number of unbranched alkanes of at least 4 members (excludes halogenated alkanes) is 2. The zero-order valence-corrected chi connectivity index (χ0v) is 17.1. The van der Waals surface area contributed by atoms with Gasteiger partial charge in [0.1, 0.15) is 0 Å². The summed E-state index contributed by atoms with van der Waals surface area (Å²) in [7, 11) is 0. The Morgan fingerprint density at radius 2 is 1.79 bits per heavy atom. The first-order chi connectivity index (χ1) is 13.5. The molecular weight excluding hydrogens is 350 g/mol. The molecule has 0 radical (unpaired) electrons. The molecule has 5 nitrogen and oxygen atoms in total. The number of aryl methyl sites for hydroxylation is 2. The molecular formula is C23H31N3O2. The van der Waals surface area contributed by atoms with Crippen LogP contribution in [0.4, 0.5) is 0 Å². The van der Waals surface area contributed by atoms with Crippen LogP contribution in [0.15, 0.2) is 35.1 Å². The Morgan fingerprint density at radius 3 is 2.57 bits per heavy atom. The van der Waals surface area contributed by atoms with Crippen LogP contribution < -0.4 is 5.56 Å². The first-order valence-corrected chi connectivity index (χ1v) is 10.6. The van der Waals surface area contributed by atoms with E-state index in [1.165, 1.54) is 11.4 Å². The summed E-state index contributed by atoms with van der Waals surface area (Å²) in [4.78, 5) is 26.9. The van der Waals surface area contributed by atoms with E-state index in [0.29, 0.717) is 18.3 Å². The Balaban J connectivity index is 1.27. The summed E-state index contributed by atoms with van der Waals surface area (Å²) in [5.41, 5.74) is 3.83. The highest BCUT2D eigenvalue weighted by Gasteiger charge is 2.35. The van der Waals surface area contributed by atoms with Crippen molar-refractivity contribution in [1.29, 1.82) is 0 Å². The lowest BCUT2D eigenvalue weighted by Crippen LogP contribution is -2.49. The molecule has 5 heteroatoms. The van der Waals surface area contributed by atoms with Crippen molar-refractivity contribution < 1.29 is 4.79 Å². The van der Waals surface area contributed by atoms with E-state index in [1.807, 2.05) is 10.6 Å². The average Bonchev–Trinajstić information content (AvgIpc) is 3.00. The predicted octanol–water partition coefficient (Wildman–Crippen LogP) is 3.47. The zero-order valence-electron chi connectivity index (χ0n) is 17.1. The van der Waals surface area contributed by atoms with Crippen LogP contribution in [0.2, 0.25) is 0 Å². The summed E-state index contributed by atoms with van der Waals surface area (Å²) in [5.74, 6) is 1.01. The molecule has 2 aromatic rings. The van der Waals surface area contributed by atoms with Crippen molar-refractivity contribution in [2.24, 2.45) is 5.92 Å². The van der Waals surface area contributed by atoms with E-state index < -0.39 is 0 Å². The number of aromatic nitrogens is 2. The fourth-order valence-electron chi connectivity index (χ4n) is 5.03. The van der Waals surface area contributed by atoms with E-state index in [-0.39, 0.29) is 11.5 Å². The summed E-state index contributed by atoms with van der Waals surface area (Å²) in [5, 5.41) is 0. The molecule has 28 heavy (non-hydrogen) atoms. The van der Waals surface area contributed by atoms with Crippen molar-refractivity contribution in [3.63, 3.8) is 0 Å². The third kappa shape index (κ3) is 3.80. The van der Waals surface area contributed by atoms with Crippen molar-refractivity contribution in [3.8, 4) is 0 Å². The highest BCUT2D eigenvalue weighted by molar-refractivity contribution is 5.76. The monoisotopic (exact) mass is 381 g/mol. The lowest BCUT2D eigenvalue weighted by atomic mass is 9.83. The second-order valence-corrected chi connectivity index (χ2v) is 8.58. The van der Waals surface area contributed by atoms with Gasteiger partial charge in [0.05, 0.1) is 0 Å². The number of amides is 1. The first-order valence-electron chi connectivity index (χ1n) is 10.6. The van der Waals surface area contributed by atoms with Crippen LogP contribution in [-0.2, 0) is 17.9 Å². The highest BCUT2D eigenvalue weighted by Crippen LogP contribution is 2.35. The molecule has 0 spiro atoms. The van der Waals surface area contributed by atoms with Gasteiger partial charge >= 0.3 is 0 Å². The standard InChI is InChI=1S/C23H31N3O2/c1-17-10-11-18(2)25(17)12-5-3-4-8-22(27)24-14-19-13-20(16-24)21-7-6-9-23(28)26(21)15-19/h6-7,9-11,19-20H,3-5,8,12-16H2,1-2H3. The molecule has 4 heterocycles. The number of piperidine rings is 1. The number of hydrogen-bond acceptors (Lipinski definition) is 2. The highest BCUT2D eigenvalue weighted by atomic mass is 16.2. The third-order valence-corrected chi connectivity index (χ3v) is 6.52. The topological polar surface area (TPSA) is 47.2 Å². The summed E-state index contributed by atoms with van der Waals surface area (Å²) >= 11 is 0. The fraction of sp³-hybridized carbons (Fsp3) is 0.565. The number of pyridine rings is 1. The molecule has 1 amide bonds. The van der Waals surface area contributed by atoms with Gasteiger partial charge in [0.15, 0.2) is 0 Å². The molecule has 2 bridgehead atoms. The minimum atomic E-state index is 0.0974. The van der Waals surface area contributed by atoms with Gasteiger partial charge < -0.3 is 14.0 Å². The molecule has 0 saturated carbocycles. The number of likely N-dealkylation sites (tertiary alicyclic amines) is 1. The minimum absolute atomic E-state index is 0.0974. The number of carbonyl (C=O) groups excluding carboxylic acids is 1. The van der Waals surface area contributed by atoms with Gasteiger partial charge in [-0.25, -0.2) is 0 Å². The van der Waals surface area contributed by atoms with Gasteiger partial charge in [0.25, 0.3) is 5.56 Å². The van der Waals surface area contributed by atoms with Crippen LogP contribution in [-0.4, -0.2) is 33.0 Å². The minimum Gasteiger partial charge on any atom is -0.349 e. The molecule has 0 N–H and O–H groups in total. The summed E-state index contributed by atoms with van der Waals surface area (Å²) in [6.07, 6.45) is 4.90. The van der Waals surface area contributed by atoms with Gasteiger partial charge in [0.2, 0.25) is 5.91 Å². The largest absolute Gasteiger partial charge is 0.349 e. The summed E-state index contributed by atoms with van der Waals surface area (Å²) in [6, 6.07) is 9.88. The van der Waals surface area contributed by atoms with Crippen molar-refractivity contribution in [3.05, 3.63) is 57.8 Å². The van der Waals surface area contributed by atoms with Gasteiger partial charge in [-0.15, -0.1) is 0 Å². The van der Waals surface area contributed by atoms with Crippen LogP contribution in [0, 0.1) is 19.8 Å². The van der Waals surface area contributed by atoms with E-state index >= 15 is 0 Å². The second kappa shape index (κ2) is 7.98. The third-order valence-electron chi connectivity index (χ3n) is 6.52. The maximum atomic E-state index is 12.8. The molecule has 2 aromatic heterocycles. The number of nitrogens with zero attached hydrogens (tertiary/aromatic N) is 3. The van der Waals surface area contributed by atoms with Gasteiger partial charge in [-0.2, -0.15) is 0 Å². The Kier molecular flexibility index (Phi) is 5.42. The lowest BCUT2D eigenvalue weighted by Gasteiger charge is -2.42. The SMILES string of the molecule is Cc1ccc(C)n1CCCCCC(=O)N1CC2CC(C1)c1cccc(=O)n1C2. The average molecular weight is 382 g/mol. The number of carbonyl (C=O) groups is 1. The van der Waals surface area contributed by atoms with E-state index in [0.717, 1.165) is 57.6 Å². The number of hydrogen-bond donors (Lipinski definition) is 0. The van der Waals surface area contributed by atoms with E-state index in [9.17, 15) is 9.59 Å². The van der Waals surface area contributed by atoms with Crippen molar-refractivity contribution >= 4 is 5.91 Å². The Hall–Kier alpha value is -2.30. The summed E-state index contributed by atoms with van der Waals surface area (Å²) < 4.78 is 4.28. The zero-order chi connectivity index (χ0) is 19.7. The van der Waals surface area contributed by atoms with Crippen LogP contribution >= 0.6 is 0 Å². The molecule has 0 aliphatic carbocycles. The molecule has 2 atom stereocenters. The molecule has 1 fully saturated rings. The normalized spacial score (nSPS) is 20.9. The van der Waals surface area contributed by atoms with Crippen LogP contribution in [0.3, 0.4) is 0 Å². The Bertz CT molecular complexity index is 891. The van der Waals surface area contributed by atoms with Crippen molar-refractivity contribution in [2.75, 3.05) is 13.1 Å². The molecule has 2 aliphatic rings. The van der Waals surface area contributed by atoms with Gasteiger partial charge in [0, 0.05) is 61.7 Å². The smallest absolute Gasteiger partial charge is 0.250 e. The number of fused-ring (bicyclic) bond motifs is 4. The Morgan fingerprint density at radius 1 is 1.00 bits per heavy atom. The van der Waals surface area contributed by atoms with Crippen molar-refractivity contribution in [2.45, 2.75) is 65.0 Å².